The van der Waals surface area contributed by atoms with Crippen LogP contribution in [0.2, 0.25) is 0 Å². The van der Waals surface area contributed by atoms with Crippen LogP contribution in [0, 0.1) is 0 Å². The predicted molar refractivity (Wildman–Crippen MR) is 93.8 cm³/mol. The maximum atomic E-state index is 13.8. The first kappa shape index (κ1) is 18.1. The van der Waals surface area contributed by atoms with Gasteiger partial charge in [-0.3, -0.25) is 0 Å². The van der Waals surface area contributed by atoms with Gasteiger partial charge in [0, 0.05) is 5.56 Å². The van der Waals surface area contributed by atoms with Gasteiger partial charge in [0.05, 0.1) is 23.9 Å². The van der Waals surface area contributed by atoms with E-state index in [0.29, 0.717) is 10.6 Å². The monoisotopic (exact) mass is 379 g/mol. The molecule has 0 aliphatic rings. The molecule has 0 N–H and O–H groups in total. The Kier molecular flexibility index (Phi) is 5.03. The highest BCUT2D eigenvalue weighted by molar-refractivity contribution is 7.21. The van der Waals surface area contributed by atoms with E-state index in [1.807, 2.05) is 24.3 Å². The van der Waals surface area contributed by atoms with Crippen LogP contribution in [0.15, 0.2) is 42.5 Å². The minimum atomic E-state index is -4.11. The van der Waals surface area contributed by atoms with Gasteiger partial charge < -0.3 is 14.2 Å². The van der Waals surface area contributed by atoms with Crippen molar-refractivity contribution in [1.82, 2.24) is 4.98 Å². The van der Waals surface area contributed by atoms with Gasteiger partial charge in [-0.2, -0.15) is 8.78 Å². The van der Waals surface area contributed by atoms with Crippen molar-refractivity contribution in [2.24, 2.45) is 0 Å². The summed E-state index contributed by atoms with van der Waals surface area (Å²) < 4.78 is 42.6. The lowest BCUT2D eigenvalue weighted by molar-refractivity contribution is -0.216. The van der Waals surface area contributed by atoms with Gasteiger partial charge in [0.25, 0.3) is 0 Å². The quantitative estimate of drug-likeness (QED) is 0.590. The molecule has 8 heteroatoms. The zero-order valence-corrected chi connectivity index (χ0v) is 14.8. The van der Waals surface area contributed by atoms with Crippen LogP contribution in [-0.2, 0) is 9.53 Å². The molecule has 136 valence electrons. The molecule has 0 fully saturated rings. The summed E-state index contributed by atoms with van der Waals surface area (Å²) in [5.41, 5.74) is 1.54. The number of methoxy groups -OCH3 is 1. The summed E-state index contributed by atoms with van der Waals surface area (Å²) in [7, 11) is 1.33. The van der Waals surface area contributed by atoms with E-state index >= 15 is 0 Å². The summed E-state index contributed by atoms with van der Waals surface area (Å²) in [5.74, 6) is -1.96. The van der Waals surface area contributed by atoms with Crippen molar-refractivity contribution in [3.05, 3.63) is 42.5 Å². The summed E-state index contributed by atoms with van der Waals surface area (Å²) in [6.07, 6.45) is -4.11. The third kappa shape index (κ3) is 3.60. The number of thiazole rings is 1. The molecule has 0 aliphatic heterocycles. The molecule has 0 saturated heterocycles. The number of nitrogens with zero attached hydrogens (tertiary/aromatic N) is 1. The first-order valence-electron chi connectivity index (χ1n) is 7.72. The molecule has 1 aromatic heterocycles. The number of alkyl halides is 2. The average molecular weight is 379 g/mol. The summed E-state index contributed by atoms with van der Waals surface area (Å²) in [4.78, 5) is 15.8. The third-order valence-electron chi connectivity index (χ3n) is 3.46. The fourth-order valence-electron chi connectivity index (χ4n) is 2.28. The number of hydrogen-bond donors (Lipinski definition) is 0. The van der Waals surface area contributed by atoms with Gasteiger partial charge in [-0.1, -0.05) is 12.1 Å². The van der Waals surface area contributed by atoms with E-state index < -0.39 is 12.1 Å². The van der Waals surface area contributed by atoms with Crippen molar-refractivity contribution < 1.29 is 27.8 Å². The Morgan fingerprint density at radius 3 is 2.65 bits per heavy atom. The zero-order chi connectivity index (χ0) is 18.7. The molecule has 5 nitrogen and oxygen atoms in total. The number of benzene rings is 2. The molecular weight excluding hydrogens is 364 g/mol. The molecule has 0 bridgehead atoms. The van der Waals surface area contributed by atoms with E-state index in [9.17, 15) is 13.6 Å². The first-order chi connectivity index (χ1) is 12.4. The van der Waals surface area contributed by atoms with Gasteiger partial charge >= 0.3 is 12.1 Å². The highest BCUT2D eigenvalue weighted by Gasteiger charge is 2.44. The number of halogens is 2. The number of esters is 1. The highest BCUT2D eigenvalue weighted by Crippen LogP contribution is 2.37. The number of carbonyl (C=O) groups is 1. The second-order valence-electron chi connectivity index (χ2n) is 5.19. The Morgan fingerprint density at radius 1 is 1.19 bits per heavy atom. The molecule has 1 heterocycles. The van der Waals surface area contributed by atoms with Crippen LogP contribution in [0.3, 0.4) is 0 Å². The van der Waals surface area contributed by atoms with E-state index in [1.54, 1.807) is 6.07 Å². The minimum Gasteiger partial charge on any atom is -0.493 e. The van der Waals surface area contributed by atoms with Gasteiger partial charge in [-0.15, -0.1) is 11.3 Å². The first-order valence-corrected chi connectivity index (χ1v) is 8.54. The average Bonchev–Trinajstić information content (AvgIpc) is 3.06. The molecule has 2 aromatic carbocycles. The molecule has 0 saturated carbocycles. The SMILES string of the molecule is CCOC(=O)C(F)(F)Oc1ccc(-c2nc3ccccc3s2)cc1OC. The van der Waals surface area contributed by atoms with Crippen LogP contribution in [0.25, 0.3) is 20.8 Å². The lowest BCUT2D eigenvalue weighted by Gasteiger charge is -2.18. The van der Waals surface area contributed by atoms with E-state index in [2.05, 4.69) is 14.5 Å². The summed E-state index contributed by atoms with van der Waals surface area (Å²) >= 11 is 1.47. The van der Waals surface area contributed by atoms with Crippen LogP contribution in [0.1, 0.15) is 6.92 Å². The predicted octanol–water partition coefficient (Wildman–Crippen LogP) is 4.51. The topological polar surface area (TPSA) is 57.7 Å². The molecule has 3 aromatic rings. The third-order valence-corrected chi connectivity index (χ3v) is 4.54. The number of carbonyl (C=O) groups excluding carboxylic acids is 1. The number of hydrogen-bond acceptors (Lipinski definition) is 6. The van der Waals surface area contributed by atoms with Crippen LogP contribution >= 0.6 is 11.3 Å². The standard InChI is InChI=1S/C18H15F2NO4S/c1-3-24-17(22)18(19,20)25-13-9-8-11(10-14(13)23-2)16-21-12-6-4-5-7-15(12)26-16/h4-10H,3H2,1-2H3. The Morgan fingerprint density at radius 2 is 1.96 bits per heavy atom. The number of rotatable bonds is 6. The van der Waals surface area contributed by atoms with Gasteiger partial charge in [-0.25, -0.2) is 9.78 Å². The Labute approximate surface area is 152 Å². The molecular formula is C18H15F2NO4S. The molecule has 0 spiro atoms. The number of fused-ring (bicyclic) bond motifs is 1. The largest absolute Gasteiger partial charge is 0.502 e. The molecule has 0 unspecified atom stereocenters. The van der Waals surface area contributed by atoms with Crippen molar-refractivity contribution in [3.8, 4) is 22.1 Å². The van der Waals surface area contributed by atoms with Gasteiger partial charge in [0.1, 0.15) is 5.01 Å². The Bertz CT molecular complexity index is 909. The molecule has 26 heavy (non-hydrogen) atoms. The Balaban J connectivity index is 1.91. The number of aromatic nitrogens is 1. The van der Waals surface area contributed by atoms with Gasteiger partial charge in [0.15, 0.2) is 11.5 Å². The minimum absolute atomic E-state index is 0.0609. The van der Waals surface area contributed by atoms with E-state index in [4.69, 9.17) is 4.74 Å². The molecule has 0 radical (unpaired) electrons. The van der Waals surface area contributed by atoms with Crippen molar-refractivity contribution in [2.45, 2.75) is 13.0 Å². The maximum Gasteiger partial charge on any atom is 0.502 e. The van der Waals surface area contributed by atoms with Crippen molar-refractivity contribution >= 4 is 27.5 Å². The van der Waals surface area contributed by atoms with Crippen LogP contribution in [0.5, 0.6) is 11.5 Å². The van der Waals surface area contributed by atoms with Gasteiger partial charge in [0.2, 0.25) is 0 Å². The molecule has 0 amide bonds. The molecule has 3 rings (SSSR count). The summed E-state index contributed by atoms with van der Waals surface area (Å²) in [6, 6.07) is 12.1. The smallest absolute Gasteiger partial charge is 0.493 e. The fraction of sp³-hybridized carbons (Fsp3) is 0.222. The highest BCUT2D eigenvalue weighted by atomic mass is 32.1. The van der Waals surface area contributed by atoms with Gasteiger partial charge in [-0.05, 0) is 37.3 Å². The van der Waals surface area contributed by atoms with Crippen molar-refractivity contribution in [2.75, 3.05) is 13.7 Å². The maximum absolute atomic E-state index is 13.8. The summed E-state index contributed by atoms with van der Waals surface area (Å²) in [6.45, 7) is 1.26. The van der Waals surface area contributed by atoms with E-state index in [-0.39, 0.29) is 18.1 Å². The summed E-state index contributed by atoms with van der Waals surface area (Å²) in [5, 5.41) is 0.716. The zero-order valence-electron chi connectivity index (χ0n) is 14.0. The van der Waals surface area contributed by atoms with Crippen LogP contribution < -0.4 is 9.47 Å². The lowest BCUT2D eigenvalue weighted by atomic mass is 10.2. The molecule has 0 aliphatic carbocycles. The number of para-hydroxylation sites is 1. The normalized spacial score (nSPS) is 11.4. The van der Waals surface area contributed by atoms with E-state index in [0.717, 1.165) is 10.2 Å². The second kappa shape index (κ2) is 7.25. The van der Waals surface area contributed by atoms with Crippen molar-refractivity contribution in [3.63, 3.8) is 0 Å². The molecule has 0 atom stereocenters. The van der Waals surface area contributed by atoms with E-state index in [1.165, 1.54) is 37.5 Å². The Hall–Kier alpha value is -2.74. The lowest BCUT2D eigenvalue weighted by Crippen LogP contribution is -2.37. The number of ether oxygens (including phenoxy) is 3. The van der Waals surface area contributed by atoms with Crippen LogP contribution in [0.4, 0.5) is 8.78 Å². The van der Waals surface area contributed by atoms with Crippen molar-refractivity contribution in [1.29, 1.82) is 0 Å². The van der Waals surface area contributed by atoms with Crippen LogP contribution in [-0.4, -0.2) is 30.8 Å². The second-order valence-corrected chi connectivity index (χ2v) is 6.22. The fourth-order valence-corrected chi connectivity index (χ4v) is 3.24.